The predicted molar refractivity (Wildman–Crippen MR) is 94.3 cm³/mol. The van der Waals surface area contributed by atoms with Crippen molar-refractivity contribution in [1.29, 1.82) is 0 Å². The Morgan fingerprint density at radius 2 is 2.19 bits per heavy atom. The molecular formula is C17H19N7O2. The maximum atomic E-state index is 12.5. The average Bonchev–Trinajstić information content (AvgIpc) is 3.32. The molecule has 9 nitrogen and oxygen atoms in total. The molecule has 0 bridgehead atoms. The van der Waals surface area contributed by atoms with Gasteiger partial charge in [-0.3, -0.25) is 19.4 Å². The molecule has 0 saturated carbocycles. The Kier molecular flexibility index (Phi) is 4.34. The molecule has 9 heteroatoms. The molecule has 2 aromatic heterocycles. The summed E-state index contributed by atoms with van der Waals surface area (Å²) in [5, 5.41) is 11.9. The van der Waals surface area contributed by atoms with Crippen LogP contribution in [0.4, 0.5) is 5.69 Å². The van der Waals surface area contributed by atoms with Crippen molar-refractivity contribution in [3.05, 3.63) is 37.1 Å². The third-order valence-corrected chi connectivity index (χ3v) is 4.56. The molecule has 1 aliphatic heterocycles. The molecule has 1 aromatic carbocycles. The number of nitrogens with one attached hydrogen (secondary N) is 1. The van der Waals surface area contributed by atoms with Crippen molar-refractivity contribution in [3.63, 3.8) is 0 Å². The van der Waals surface area contributed by atoms with E-state index in [1.165, 1.54) is 6.33 Å². The van der Waals surface area contributed by atoms with Gasteiger partial charge in [0.25, 0.3) is 0 Å². The quantitative estimate of drug-likeness (QED) is 0.732. The summed E-state index contributed by atoms with van der Waals surface area (Å²) in [6.07, 6.45) is 5.92. The summed E-state index contributed by atoms with van der Waals surface area (Å²) in [5.74, 6) is -0.0677. The standard InChI is InChI=1S/C17H19N7O2/c25-16(2-1-5-23-12-18-11-20-23)22-6-7-24(17(26)10-22)14-4-3-13-9-19-21-15(13)8-14/h3-4,8-9,11-12H,1-2,5-7,10H2,(H,19,21). The molecule has 0 radical (unpaired) electrons. The van der Waals surface area contributed by atoms with E-state index in [0.717, 1.165) is 16.6 Å². The van der Waals surface area contributed by atoms with E-state index < -0.39 is 0 Å². The van der Waals surface area contributed by atoms with Crippen LogP contribution in [0, 0.1) is 0 Å². The smallest absolute Gasteiger partial charge is 0.246 e. The number of aryl methyl sites for hydroxylation is 1. The number of anilines is 1. The minimum Gasteiger partial charge on any atom is -0.332 e. The third-order valence-electron chi connectivity index (χ3n) is 4.56. The van der Waals surface area contributed by atoms with Crippen molar-refractivity contribution in [3.8, 4) is 0 Å². The maximum absolute atomic E-state index is 12.5. The van der Waals surface area contributed by atoms with Crippen molar-refractivity contribution >= 4 is 28.4 Å². The Morgan fingerprint density at radius 3 is 3.00 bits per heavy atom. The highest BCUT2D eigenvalue weighted by molar-refractivity contribution is 5.99. The molecule has 4 rings (SSSR count). The van der Waals surface area contributed by atoms with Crippen molar-refractivity contribution < 1.29 is 9.59 Å². The number of fused-ring (bicyclic) bond motifs is 1. The van der Waals surface area contributed by atoms with Crippen molar-refractivity contribution in [1.82, 2.24) is 29.9 Å². The molecule has 2 amide bonds. The zero-order valence-electron chi connectivity index (χ0n) is 14.2. The molecule has 3 heterocycles. The highest BCUT2D eigenvalue weighted by atomic mass is 16.2. The minimum atomic E-state index is -0.0697. The lowest BCUT2D eigenvalue weighted by atomic mass is 10.2. The summed E-state index contributed by atoms with van der Waals surface area (Å²) < 4.78 is 1.70. The largest absolute Gasteiger partial charge is 0.332 e. The molecule has 0 atom stereocenters. The molecular weight excluding hydrogens is 334 g/mol. The Bertz CT molecular complexity index is 918. The highest BCUT2D eigenvalue weighted by Crippen LogP contribution is 2.22. The van der Waals surface area contributed by atoms with Gasteiger partial charge in [0.15, 0.2) is 0 Å². The third kappa shape index (κ3) is 3.28. The van der Waals surface area contributed by atoms with Crippen LogP contribution < -0.4 is 4.90 Å². The number of nitrogens with zero attached hydrogens (tertiary/aromatic N) is 6. The first-order chi connectivity index (χ1) is 12.7. The first-order valence-electron chi connectivity index (χ1n) is 8.54. The molecule has 1 saturated heterocycles. The fourth-order valence-electron chi connectivity index (χ4n) is 3.15. The van der Waals surface area contributed by atoms with Crippen molar-refractivity contribution in [2.45, 2.75) is 19.4 Å². The van der Waals surface area contributed by atoms with Crippen molar-refractivity contribution in [2.24, 2.45) is 0 Å². The number of benzene rings is 1. The van der Waals surface area contributed by atoms with E-state index in [9.17, 15) is 9.59 Å². The Balaban J connectivity index is 1.33. The van der Waals surface area contributed by atoms with Crippen LogP contribution in [0.1, 0.15) is 12.8 Å². The number of carbonyl (C=O) groups is 2. The second-order valence-corrected chi connectivity index (χ2v) is 6.26. The molecule has 26 heavy (non-hydrogen) atoms. The van der Waals surface area contributed by atoms with Crippen molar-refractivity contribution in [2.75, 3.05) is 24.5 Å². The molecule has 0 spiro atoms. The molecule has 0 unspecified atom stereocenters. The van der Waals surface area contributed by atoms with Crippen LogP contribution in [0.5, 0.6) is 0 Å². The van der Waals surface area contributed by atoms with Gasteiger partial charge in [0.1, 0.15) is 19.2 Å². The van der Waals surface area contributed by atoms with Gasteiger partial charge in [0, 0.05) is 37.1 Å². The van der Waals surface area contributed by atoms with Gasteiger partial charge in [-0.15, -0.1) is 0 Å². The number of carbonyl (C=O) groups excluding carboxylic acids is 2. The van der Waals surface area contributed by atoms with E-state index in [0.29, 0.717) is 32.5 Å². The van der Waals surface area contributed by atoms with E-state index in [1.54, 1.807) is 27.0 Å². The first-order valence-corrected chi connectivity index (χ1v) is 8.54. The first kappa shape index (κ1) is 16.2. The topological polar surface area (TPSA) is 100 Å². The fraction of sp³-hybridized carbons (Fsp3) is 0.353. The van der Waals surface area contributed by atoms with Gasteiger partial charge in [0.2, 0.25) is 11.8 Å². The lowest BCUT2D eigenvalue weighted by molar-refractivity contribution is -0.137. The van der Waals surface area contributed by atoms with Gasteiger partial charge in [-0.2, -0.15) is 10.2 Å². The van der Waals surface area contributed by atoms with Crippen LogP contribution in [0.15, 0.2) is 37.1 Å². The summed E-state index contributed by atoms with van der Waals surface area (Å²) in [7, 11) is 0. The highest BCUT2D eigenvalue weighted by Gasteiger charge is 2.27. The second kappa shape index (κ2) is 6.95. The zero-order chi connectivity index (χ0) is 17.9. The Hall–Kier alpha value is -3.23. The van der Waals surface area contributed by atoms with Crippen LogP contribution in [0.3, 0.4) is 0 Å². The summed E-state index contributed by atoms with van der Waals surface area (Å²) in [5.41, 5.74) is 1.71. The zero-order valence-corrected chi connectivity index (χ0v) is 14.2. The number of aromatic nitrogens is 5. The Morgan fingerprint density at radius 1 is 1.27 bits per heavy atom. The van der Waals surface area contributed by atoms with Gasteiger partial charge in [-0.1, -0.05) is 0 Å². The Labute approximate surface area is 149 Å². The second-order valence-electron chi connectivity index (χ2n) is 6.26. The van der Waals surface area contributed by atoms with Crippen LogP contribution >= 0.6 is 0 Å². The lowest BCUT2D eigenvalue weighted by Crippen LogP contribution is -2.52. The van der Waals surface area contributed by atoms with Gasteiger partial charge in [-0.05, 0) is 24.6 Å². The number of H-pyrrole nitrogens is 1. The van der Waals surface area contributed by atoms with Crippen LogP contribution in [-0.4, -0.2) is 61.3 Å². The molecule has 1 N–H and O–H groups in total. The molecule has 134 valence electrons. The van der Waals surface area contributed by atoms with Gasteiger partial charge < -0.3 is 9.80 Å². The molecule has 3 aromatic rings. The van der Waals surface area contributed by atoms with Gasteiger partial charge >= 0.3 is 0 Å². The number of amides is 2. The predicted octanol–water partition coefficient (Wildman–Crippen LogP) is 0.810. The summed E-state index contributed by atoms with van der Waals surface area (Å²) in [4.78, 5) is 32.1. The van der Waals surface area contributed by atoms with Gasteiger partial charge in [-0.25, -0.2) is 4.98 Å². The van der Waals surface area contributed by atoms with E-state index in [-0.39, 0.29) is 18.4 Å². The van der Waals surface area contributed by atoms with Crippen LogP contribution in [0.25, 0.3) is 10.9 Å². The summed E-state index contributed by atoms with van der Waals surface area (Å²) >= 11 is 0. The van der Waals surface area contributed by atoms with E-state index in [1.807, 2.05) is 18.2 Å². The minimum absolute atomic E-state index is 0.00198. The fourth-order valence-corrected chi connectivity index (χ4v) is 3.15. The van der Waals surface area contributed by atoms with Crippen LogP contribution in [-0.2, 0) is 16.1 Å². The molecule has 0 aliphatic carbocycles. The number of hydrogen-bond donors (Lipinski definition) is 1. The van der Waals surface area contributed by atoms with Gasteiger partial charge in [0.05, 0.1) is 11.7 Å². The number of hydrogen-bond acceptors (Lipinski definition) is 5. The lowest BCUT2D eigenvalue weighted by Gasteiger charge is -2.34. The van der Waals surface area contributed by atoms with E-state index in [2.05, 4.69) is 20.3 Å². The number of rotatable bonds is 5. The number of piperazine rings is 1. The molecule has 1 fully saturated rings. The SMILES string of the molecule is O=C(CCCn1cncn1)N1CCN(c2ccc3cn[nH]c3c2)C(=O)C1. The maximum Gasteiger partial charge on any atom is 0.246 e. The number of aromatic amines is 1. The normalized spacial score (nSPS) is 15.0. The summed E-state index contributed by atoms with van der Waals surface area (Å²) in [6.45, 7) is 1.79. The van der Waals surface area contributed by atoms with Crippen LogP contribution in [0.2, 0.25) is 0 Å². The average molecular weight is 353 g/mol. The molecule has 1 aliphatic rings. The van der Waals surface area contributed by atoms with E-state index in [4.69, 9.17) is 0 Å². The van der Waals surface area contributed by atoms with E-state index >= 15 is 0 Å². The summed E-state index contributed by atoms with van der Waals surface area (Å²) in [6, 6.07) is 5.75. The monoisotopic (exact) mass is 353 g/mol.